The highest BCUT2D eigenvalue weighted by Gasteiger charge is 2.10. The van der Waals surface area contributed by atoms with Crippen molar-refractivity contribution >= 4 is 28.3 Å². The zero-order chi connectivity index (χ0) is 18.7. The molecule has 0 aliphatic rings. The number of methoxy groups -OCH3 is 1. The molecule has 3 aromatic carbocycles. The maximum absolute atomic E-state index is 12.5. The Labute approximate surface area is 151 Å². The van der Waals surface area contributed by atoms with Crippen LogP contribution in [0.15, 0.2) is 54.6 Å². The lowest BCUT2D eigenvalue weighted by atomic mass is 10.0. The van der Waals surface area contributed by atoms with Crippen LogP contribution in [-0.2, 0) is 11.2 Å². The first-order valence-electron chi connectivity index (χ1n) is 8.24. The van der Waals surface area contributed by atoms with Crippen LogP contribution in [0, 0.1) is 6.92 Å². The second-order valence-corrected chi connectivity index (χ2v) is 6.12. The molecule has 5 heteroatoms. The molecule has 0 aromatic heterocycles. The molecule has 0 unspecified atom stereocenters. The predicted octanol–water partition coefficient (Wildman–Crippen LogP) is 3.44. The molecule has 3 aromatic rings. The standard InChI is InChI=1S/C21H20N2O3/c1-13-10-16(7-9-18(13)21(22)25)23-20(24)11-15-5-3-4-14-6-8-17(26-2)12-19(14)15/h3-10,12H,11H2,1-2H3,(H2,22,25)(H,23,24). The summed E-state index contributed by atoms with van der Waals surface area (Å²) in [6.45, 7) is 1.78. The largest absolute Gasteiger partial charge is 0.497 e. The number of hydrogen-bond acceptors (Lipinski definition) is 3. The summed E-state index contributed by atoms with van der Waals surface area (Å²) >= 11 is 0. The Balaban J connectivity index is 1.81. The Hall–Kier alpha value is -3.34. The Morgan fingerprint density at radius 1 is 1.08 bits per heavy atom. The van der Waals surface area contributed by atoms with E-state index in [4.69, 9.17) is 10.5 Å². The van der Waals surface area contributed by atoms with Gasteiger partial charge in [-0.25, -0.2) is 0 Å². The highest BCUT2D eigenvalue weighted by molar-refractivity contribution is 5.98. The monoisotopic (exact) mass is 348 g/mol. The van der Waals surface area contributed by atoms with Gasteiger partial charge >= 0.3 is 0 Å². The number of hydrogen-bond donors (Lipinski definition) is 2. The van der Waals surface area contributed by atoms with Crippen LogP contribution < -0.4 is 15.8 Å². The van der Waals surface area contributed by atoms with Crippen LogP contribution >= 0.6 is 0 Å². The number of fused-ring (bicyclic) bond motifs is 1. The number of anilines is 1. The predicted molar refractivity (Wildman–Crippen MR) is 103 cm³/mol. The minimum absolute atomic E-state index is 0.133. The van der Waals surface area contributed by atoms with Gasteiger partial charge in [-0.1, -0.05) is 24.3 Å². The minimum atomic E-state index is -0.481. The second kappa shape index (κ2) is 7.27. The highest BCUT2D eigenvalue weighted by atomic mass is 16.5. The summed E-state index contributed by atoms with van der Waals surface area (Å²) in [5.41, 5.74) is 8.04. The molecule has 0 saturated carbocycles. The zero-order valence-corrected chi connectivity index (χ0v) is 14.7. The van der Waals surface area contributed by atoms with E-state index in [-0.39, 0.29) is 12.3 Å². The van der Waals surface area contributed by atoms with Gasteiger partial charge in [-0.05, 0) is 59.2 Å². The molecule has 2 amide bonds. The fraction of sp³-hybridized carbons (Fsp3) is 0.143. The van der Waals surface area contributed by atoms with Crippen molar-refractivity contribution in [1.29, 1.82) is 0 Å². The number of nitrogens with one attached hydrogen (secondary N) is 1. The van der Waals surface area contributed by atoms with Gasteiger partial charge < -0.3 is 15.8 Å². The van der Waals surface area contributed by atoms with Crippen LogP contribution in [0.1, 0.15) is 21.5 Å². The van der Waals surface area contributed by atoms with Gasteiger partial charge in [0.15, 0.2) is 0 Å². The van der Waals surface area contributed by atoms with Crippen LogP contribution in [0.5, 0.6) is 5.75 Å². The number of primary amides is 1. The second-order valence-electron chi connectivity index (χ2n) is 6.12. The fourth-order valence-corrected chi connectivity index (χ4v) is 2.99. The van der Waals surface area contributed by atoms with E-state index in [1.165, 1.54) is 0 Å². The Bertz CT molecular complexity index is 996. The number of amides is 2. The molecule has 0 aliphatic carbocycles. The van der Waals surface area contributed by atoms with Gasteiger partial charge in [0, 0.05) is 11.3 Å². The first kappa shape index (κ1) is 17.5. The van der Waals surface area contributed by atoms with E-state index in [0.717, 1.165) is 27.6 Å². The molecule has 0 atom stereocenters. The molecule has 3 N–H and O–H groups in total. The van der Waals surface area contributed by atoms with E-state index in [9.17, 15) is 9.59 Å². The first-order chi connectivity index (χ1) is 12.5. The van der Waals surface area contributed by atoms with E-state index in [0.29, 0.717) is 11.3 Å². The molecule has 0 fully saturated rings. The van der Waals surface area contributed by atoms with Crippen molar-refractivity contribution in [2.75, 3.05) is 12.4 Å². The lowest BCUT2D eigenvalue weighted by Gasteiger charge is -2.10. The van der Waals surface area contributed by atoms with Crippen molar-refractivity contribution in [1.82, 2.24) is 0 Å². The smallest absolute Gasteiger partial charge is 0.248 e. The van der Waals surface area contributed by atoms with Crippen molar-refractivity contribution in [2.45, 2.75) is 13.3 Å². The van der Waals surface area contributed by atoms with E-state index >= 15 is 0 Å². The molecular weight excluding hydrogens is 328 g/mol. The number of aryl methyl sites for hydroxylation is 1. The SMILES string of the molecule is COc1ccc2cccc(CC(=O)Nc3ccc(C(N)=O)c(C)c3)c2c1. The van der Waals surface area contributed by atoms with Gasteiger partial charge in [-0.2, -0.15) is 0 Å². The van der Waals surface area contributed by atoms with Crippen LogP contribution in [-0.4, -0.2) is 18.9 Å². The molecule has 0 aliphatic heterocycles. The molecule has 0 bridgehead atoms. The molecule has 0 saturated heterocycles. The number of carbonyl (C=O) groups excluding carboxylic acids is 2. The van der Waals surface area contributed by atoms with Gasteiger partial charge in [0.25, 0.3) is 0 Å². The van der Waals surface area contributed by atoms with Gasteiger partial charge in [-0.3, -0.25) is 9.59 Å². The zero-order valence-electron chi connectivity index (χ0n) is 14.7. The van der Waals surface area contributed by atoms with Crippen molar-refractivity contribution in [3.05, 3.63) is 71.3 Å². The van der Waals surface area contributed by atoms with Gasteiger partial charge in [0.1, 0.15) is 5.75 Å². The van der Waals surface area contributed by atoms with Crippen molar-refractivity contribution in [2.24, 2.45) is 5.73 Å². The maximum Gasteiger partial charge on any atom is 0.248 e. The van der Waals surface area contributed by atoms with Crippen LogP contribution in [0.2, 0.25) is 0 Å². The third kappa shape index (κ3) is 3.67. The molecule has 26 heavy (non-hydrogen) atoms. The highest BCUT2D eigenvalue weighted by Crippen LogP contribution is 2.25. The molecular formula is C21H20N2O3. The van der Waals surface area contributed by atoms with Crippen molar-refractivity contribution in [3.63, 3.8) is 0 Å². The van der Waals surface area contributed by atoms with Gasteiger partial charge in [0.05, 0.1) is 13.5 Å². The lowest BCUT2D eigenvalue weighted by Crippen LogP contribution is -2.16. The third-order valence-corrected chi connectivity index (χ3v) is 4.31. The number of nitrogens with two attached hydrogens (primary N) is 1. The molecule has 0 heterocycles. The summed E-state index contributed by atoms with van der Waals surface area (Å²) in [5.74, 6) is 0.139. The van der Waals surface area contributed by atoms with Gasteiger partial charge in [0.2, 0.25) is 11.8 Å². The summed E-state index contributed by atoms with van der Waals surface area (Å²) in [7, 11) is 1.62. The van der Waals surface area contributed by atoms with Crippen LogP contribution in [0.25, 0.3) is 10.8 Å². The number of rotatable bonds is 5. The lowest BCUT2D eigenvalue weighted by molar-refractivity contribution is -0.115. The van der Waals surface area contributed by atoms with E-state index in [2.05, 4.69) is 5.32 Å². The first-order valence-corrected chi connectivity index (χ1v) is 8.24. The average molecular weight is 348 g/mol. The number of benzene rings is 3. The molecule has 3 rings (SSSR count). The van der Waals surface area contributed by atoms with Crippen molar-refractivity contribution < 1.29 is 14.3 Å². The molecule has 0 radical (unpaired) electrons. The Morgan fingerprint density at radius 3 is 2.58 bits per heavy atom. The minimum Gasteiger partial charge on any atom is -0.497 e. The number of carbonyl (C=O) groups is 2. The third-order valence-electron chi connectivity index (χ3n) is 4.31. The summed E-state index contributed by atoms with van der Waals surface area (Å²) in [6.07, 6.45) is 0.237. The summed E-state index contributed by atoms with van der Waals surface area (Å²) in [5, 5.41) is 4.91. The van der Waals surface area contributed by atoms with E-state index < -0.39 is 5.91 Å². The summed E-state index contributed by atoms with van der Waals surface area (Å²) < 4.78 is 5.28. The summed E-state index contributed by atoms with van der Waals surface area (Å²) in [4.78, 5) is 23.8. The molecule has 0 spiro atoms. The molecule has 132 valence electrons. The molecule has 5 nitrogen and oxygen atoms in total. The fourth-order valence-electron chi connectivity index (χ4n) is 2.99. The van der Waals surface area contributed by atoms with E-state index in [1.807, 2.05) is 36.4 Å². The summed E-state index contributed by atoms with van der Waals surface area (Å²) in [6, 6.07) is 16.7. The quantitative estimate of drug-likeness (QED) is 0.741. The average Bonchev–Trinajstić information content (AvgIpc) is 2.61. The normalized spacial score (nSPS) is 10.5. The number of ether oxygens (including phenoxy) is 1. The van der Waals surface area contributed by atoms with Crippen LogP contribution in [0.3, 0.4) is 0 Å². The Kier molecular flexibility index (Phi) is 4.89. The maximum atomic E-state index is 12.5. The van der Waals surface area contributed by atoms with Gasteiger partial charge in [-0.15, -0.1) is 0 Å². The van der Waals surface area contributed by atoms with E-state index in [1.54, 1.807) is 32.2 Å². The topological polar surface area (TPSA) is 81.4 Å². The Morgan fingerprint density at radius 2 is 1.88 bits per heavy atom. The van der Waals surface area contributed by atoms with Crippen LogP contribution in [0.4, 0.5) is 5.69 Å². The van der Waals surface area contributed by atoms with Crippen molar-refractivity contribution in [3.8, 4) is 5.75 Å².